The molecular weight excluding hydrogens is 172 g/mol. The monoisotopic (exact) mass is 192 g/mol. The van der Waals surface area contributed by atoms with E-state index in [0.717, 1.165) is 24.4 Å². The van der Waals surface area contributed by atoms with Gasteiger partial charge in [0.05, 0.1) is 5.69 Å². The van der Waals surface area contributed by atoms with E-state index < -0.39 is 0 Å². The predicted molar refractivity (Wildman–Crippen MR) is 61.4 cm³/mol. The molecule has 0 unspecified atom stereocenters. The average molecular weight is 192 g/mol. The van der Waals surface area contributed by atoms with Crippen molar-refractivity contribution in [2.24, 2.45) is 0 Å². The molecule has 0 bridgehead atoms. The van der Waals surface area contributed by atoms with E-state index in [-0.39, 0.29) is 0 Å². The van der Waals surface area contributed by atoms with Gasteiger partial charge in [-0.15, -0.1) is 0 Å². The van der Waals surface area contributed by atoms with Gasteiger partial charge in [0, 0.05) is 11.6 Å². The molecule has 2 heteroatoms. The van der Waals surface area contributed by atoms with Crippen LogP contribution in [0.25, 0.3) is 6.08 Å². The third kappa shape index (κ3) is 2.25. The zero-order chi connectivity index (χ0) is 10.6. The van der Waals surface area contributed by atoms with E-state index in [1.807, 2.05) is 13.8 Å². The molecule has 1 N–H and O–H groups in total. The second-order valence-corrected chi connectivity index (χ2v) is 3.58. The van der Waals surface area contributed by atoms with Crippen LogP contribution < -0.4 is 0 Å². The first kappa shape index (κ1) is 11.0. The van der Waals surface area contributed by atoms with Crippen molar-refractivity contribution >= 4 is 6.08 Å². The summed E-state index contributed by atoms with van der Waals surface area (Å²) in [6.45, 7) is 8.32. The summed E-state index contributed by atoms with van der Waals surface area (Å²) in [6.07, 6.45) is 6.56. The normalized spacial score (nSPS) is 13.5. The van der Waals surface area contributed by atoms with Crippen molar-refractivity contribution in [3.05, 3.63) is 23.3 Å². The van der Waals surface area contributed by atoms with Crippen LogP contribution in [-0.2, 0) is 6.42 Å². The van der Waals surface area contributed by atoms with Gasteiger partial charge in [0.25, 0.3) is 0 Å². The summed E-state index contributed by atoms with van der Waals surface area (Å²) in [5.41, 5.74) is 2.45. The van der Waals surface area contributed by atoms with Gasteiger partial charge in [0.1, 0.15) is 5.82 Å². The third-order valence-corrected chi connectivity index (χ3v) is 2.21. The van der Waals surface area contributed by atoms with Crippen LogP contribution in [0.3, 0.4) is 0 Å². The minimum atomic E-state index is 0.504. The van der Waals surface area contributed by atoms with E-state index in [9.17, 15) is 0 Å². The van der Waals surface area contributed by atoms with Gasteiger partial charge < -0.3 is 4.98 Å². The van der Waals surface area contributed by atoms with Crippen molar-refractivity contribution in [2.45, 2.75) is 46.5 Å². The molecule has 14 heavy (non-hydrogen) atoms. The Morgan fingerprint density at radius 1 is 1.36 bits per heavy atom. The summed E-state index contributed by atoms with van der Waals surface area (Å²) in [7, 11) is 0. The SMILES string of the molecule is CC.CC(C)c1nc2c([nH]1)CCC=C2. The fraction of sp³-hybridized carbons (Fsp3) is 0.583. The molecule has 0 saturated heterocycles. The third-order valence-electron chi connectivity index (χ3n) is 2.21. The van der Waals surface area contributed by atoms with Crippen molar-refractivity contribution in [3.8, 4) is 0 Å². The lowest BCUT2D eigenvalue weighted by molar-refractivity contribution is 0.787. The molecule has 2 rings (SSSR count). The molecule has 0 aliphatic heterocycles. The second-order valence-electron chi connectivity index (χ2n) is 3.58. The Kier molecular flexibility index (Phi) is 3.93. The quantitative estimate of drug-likeness (QED) is 0.724. The van der Waals surface area contributed by atoms with E-state index in [1.165, 1.54) is 5.69 Å². The summed E-state index contributed by atoms with van der Waals surface area (Å²) < 4.78 is 0. The van der Waals surface area contributed by atoms with Crippen molar-refractivity contribution in [2.75, 3.05) is 0 Å². The molecule has 1 aromatic rings. The number of rotatable bonds is 1. The number of nitrogens with zero attached hydrogens (tertiary/aromatic N) is 1. The van der Waals surface area contributed by atoms with Crippen molar-refractivity contribution in [3.63, 3.8) is 0 Å². The Morgan fingerprint density at radius 3 is 2.64 bits per heavy atom. The van der Waals surface area contributed by atoms with Crippen LogP contribution in [0.15, 0.2) is 6.08 Å². The lowest BCUT2D eigenvalue weighted by Crippen LogP contribution is -1.92. The van der Waals surface area contributed by atoms with Crippen molar-refractivity contribution in [1.29, 1.82) is 0 Å². The van der Waals surface area contributed by atoms with E-state index in [0.29, 0.717) is 5.92 Å². The number of aryl methyl sites for hydroxylation is 1. The Hall–Kier alpha value is -1.05. The molecule has 1 aliphatic carbocycles. The number of nitrogens with one attached hydrogen (secondary N) is 1. The van der Waals surface area contributed by atoms with Crippen LogP contribution in [0, 0.1) is 0 Å². The predicted octanol–water partition coefficient (Wildman–Crippen LogP) is 3.52. The maximum Gasteiger partial charge on any atom is 0.109 e. The van der Waals surface area contributed by atoms with Gasteiger partial charge in [-0.2, -0.15) is 0 Å². The fourth-order valence-electron chi connectivity index (χ4n) is 1.47. The van der Waals surface area contributed by atoms with E-state index in [1.54, 1.807) is 0 Å². The molecule has 0 spiro atoms. The highest BCUT2D eigenvalue weighted by atomic mass is 14.9. The first-order valence-corrected chi connectivity index (χ1v) is 5.52. The number of imidazole rings is 1. The topological polar surface area (TPSA) is 28.7 Å². The van der Waals surface area contributed by atoms with Gasteiger partial charge in [0.15, 0.2) is 0 Å². The molecule has 1 heterocycles. The van der Waals surface area contributed by atoms with Gasteiger partial charge in [-0.3, -0.25) is 0 Å². The van der Waals surface area contributed by atoms with E-state index in [4.69, 9.17) is 0 Å². The number of aromatic amines is 1. The van der Waals surface area contributed by atoms with Gasteiger partial charge in [0.2, 0.25) is 0 Å². The first-order chi connectivity index (χ1) is 6.77. The molecule has 0 saturated carbocycles. The van der Waals surface area contributed by atoms with Crippen LogP contribution in [0.2, 0.25) is 0 Å². The van der Waals surface area contributed by atoms with Gasteiger partial charge in [-0.05, 0) is 18.9 Å². The maximum atomic E-state index is 4.51. The minimum Gasteiger partial charge on any atom is -0.345 e. The highest BCUT2D eigenvalue weighted by molar-refractivity contribution is 5.50. The molecule has 2 nitrogen and oxygen atoms in total. The minimum absolute atomic E-state index is 0.504. The Labute approximate surface area is 86.5 Å². The zero-order valence-electron chi connectivity index (χ0n) is 9.59. The lowest BCUT2D eigenvalue weighted by Gasteiger charge is -2.00. The summed E-state index contributed by atoms with van der Waals surface area (Å²) in [5.74, 6) is 1.62. The molecular formula is C12H20N2. The average Bonchev–Trinajstić information content (AvgIpc) is 2.64. The summed E-state index contributed by atoms with van der Waals surface area (Å²) in [5, 5.41) is 0. The Bertz CT molecular complexity index is 308. The number of allylic oxidation sites excluding steroid dienone is 1. The van der Waals surface area contributed by atoms with Crippen LogP contribution in [0.1, 0.15) is 57.2 Å². The number of hydrogen-bond donors (Lipinski definition) is 1. The standard InChI is InChI=1S/C10H14N2.C2H6/c1-7(2)10-11-8-5-3-4-6-9(8)12-10;1-2/h3,5,7H,4,6H2,1-2H3,(H,11,12);1-2H3. The fourth-order valence-corrected chi connectivity index (χ4v) is 1.47. The number of H-pyrrole nitrogens is 1. The molecule has 1 aromatic heterocycles. The maximum absolute atomic E-state index is 4.51. The van der Waals surface area contributed by atoms with Crippen LogP contribution in [-0.4, -0.2) is 9.97 Å². The van der Waals surface area contributed by atoms with Gasteiger partial charge in [-0.25, -0.2) is 4.98 Å². The molecule has 0 aromatic carbocycles. The molecule has 1 aliphatic rings. The molecule has 0 radical (unpaired) electrons. The molecule has 0 amide bonds. The molecule has 0 fully saturated rings. The highest BCUT2D eigenvalue weighted by Gasteiger charge is 2.11. The summed E-state index contributed by atoms with van der Waals surface area (Å²) in [6, 6.07) is 0. The van der Waals surface area contributed by atoms with E-state index >= 15 is 0 Å². The smallest absolute Gasteiger partial charge is 0.109 e. The largest absolute Gasteiger partial charge is 0.345 e. The molecule has 0 atom stereocenters. The van der Waals surface area contributed by atoms with Crippen LogP contribution >= 0.6 is 0 Å². The second kappa shape index (κ2) is 4.99. The van der Waals surface area contributed by atoms with Crippen LogP contribution in [0.4, 0.5) is 0 Å². The number of aromatic nitrogens is 2. The number of fused-ring (bicyclic) bond motifs is 1. The van der Waals surface area contributed by atoms with Gasteiger partial charge >= 0.3 is 0 Å². The Morgan fingerprint density at radius 2 is 2.07 bits per heavy atom. The zero-order valence-corrected chi connectivity index (χ0v) is 9.59. The Balaban J connectivity index is 0.000000461. The van der Waals surface area contributed by atoms with Gasteiger partial charge in [-0.1, -0.05) is 33.8 Å². The van der Waals surface area contributed by atoms with Crippen LogP contribution in [0.5, 0.6) is 0 Å². The number of hydrogen-bond acceptors (Lipinski definition) is 1. The molecule has 78 valence electrons. The van der Waals surface area contributed by atoms with Crippen molar-refractivity contribution in [1.82, 2.24) is 9.97 Å². The summed E-state index contributed by atoms with van der Waals surface area (Å²) in [4.78, 5) is 7.88. The van der Waals surface area contributed by atoms with Crippen molar-refractivity contribution < 1.29 is 0 Å². The lowest BCUT2D eigenvalue weighted by atomic mass is 10.1. The highest BCUT2D eigenvalue weighted by Crippen LogP contribution is 2.19. The first-order valence-electron chi connectivity index (χ1n) is 5.52. The summed E-state index contributed by atoms with van der Waals surface area (Å²) >= 11 is 0. The van der Waals surface area contributed by atoms with E-state index in [2.05, 4.69) is 36.0 Å².